The third kappa shape index (κ3) is 5.51. The fourth-order valence-electron chi connectivity index (χ4n) is 5.22. The maximum absolute atomic E-state index is 12.8. The second-order valence-corrected chi connectivity index (χ2v) is 10.2. The van der Waals surface area contributed by atoms with Gasteiger partial charge >= 0.3 is 0 Å². The van der Waals surface area contributed by atoms with Crippen LogP contribution in [-0.2, 0) is 11.3 Å². The molecule has 0 unspecified atom stereocenters. The molecular formula is C26H32N2O2S. The van der Waals surface area contributed by atoms with Crippen LogP contribution in [0.25, 0.3) is 0 Å². The normalized spacial score (nSPS) is 22.8. The highest BCUT2D eigenvalue weighted by Crippen LogP contribution is 2.49. The SMILES string of the molecule is Cc1ccc(CNC(=O)c2ccccc2SCC(=O)N[C@H](C)[C@H]2C[C@H]3CC[C@H]2C3)cc1. The molecule has 2 aliphatic rings. The van der Waals surface area contributed by atoms with Crippen LogP contribution in [0.4, 0.5) is 0 Å². The summed E-state index contributed by atoms with van der Waals surface area (Å²) in [7, 11) is 0. The summed E-state index contributed by atoms with van der Waals surface area (Å²) < 4.78 is 0. The molecule has 0 spiro atoms. The van der Waals surface area contributed by atoms with Crippen molar-refractivity contribution < 1.29 is 9.59 Å². The number of thioether (sulfide) groups is 1. The van der Waals surface area contributed by atoms with Crippen molar-refractivity contribution in [3.8, 4) is 0 Å². The number of carbonyl (C=O) groups excluding carboxylic acids is 2. The lowest BCUT2D eigenvalue weighted by Gasteiger charge is -2.28. The van der Waals surface area contributed by atoms with E-state index in [9.17, 15) is 9.59 Å². The van der Waals surface area contributed by atoms with E-state index in [2.05, 4.69) is 17.6 Å². The van der Waals surface area contributed by atoms with Crippen molar-refractivity contribution in [1.29, 1.82) is 0 Å². The van der Waals surface area contributed by atoms with Crippen LogP contribution in [0.15, 0.2) is 53.4 Å². The molecule has 4 rings (SSSR count). The highest BCUT2D eigenvalue weighted by Gasteiger charge is 2.42. The van der Waals surface area contributed by atoms with Crippen LogP contribution in [0.1, 0.15) is 54.1 Å². The zero-order valence-corrected chi connectivity index (χ0v) is 19.2. The Morgan fingerprint density at radius 3 is 2.55 bits per heavy atom. The first kappa shape index (κ1) is 21.9. The van der Waals surface area contributed by atoms with Gasteiger partial charge in [-0.1, -0.05) is 48.4 Å². The second kappa shape index (κ2) is 9.90. The van der Waals surface area contributed by atoms with Crippen LogP contribution >= 0.6 is 11.8 Å². The lowest BCUT2D eigenvalue weighted by Crippen LogP contribution is -2.40. The molecular weight excluding hydrogens is 404 g/mol. The number of fused-ring (bicyclic) bond motifs is 2. The number of carbonyl (C=O) groups is 2. The Morgan fingerprint density at radius 1 is 1.06 bits per heavy atom. The molecule has 5 heteroatoms. The highest BCUT2D eigenvalue weighted by molar-refractivity contribution is 8.00. The first-order valence-corrected chi connectivity index (χ1v) is 12.3. The van der Waals surface area contributed by atoms with E-state index in [4.69, 9.17) is 0 Å². The minimum Gasteiger partial charge on any atom is -0.353 e. The van der Waals surface area contributed by atoms with Crippen molar-refractivity contribution >= 4 is 23.6 Å². The Bertz CT molecular complexity index is 927. The third-order valence-corrected chi connectivity index (χ3v) is 7.96. The quantitative estimate of drug-likeness (QED) is 0.575. The number of aryl methyl sites for hydroxylation is 1. The summed E-state index contributed by atoms with van der Waals surface area (Å²) >= 11 is 1.43. The van der Waals surface area contributed by atoms with Gasteiger partial charge in [0.1, 0.15) is 0 Å². The maximum Gasteiger partial charge on any atom is 0.252 e. The Balaban J connectivity index is 1.29. The van der Waals surface area contributed by atoms with E-state index in [1.807, 2.05) is 55.5 Å². The summed E-state index contributed by atoms with van der Waals surface area (Å²) in [5.41, 5.74) is 2.89. The van der Waals surface area contributed by atoms with Gasteiger partial charge in [0.25, 0.3) is 5.91 Å². The number of benzene rings is 2. The number of hydrogen-bond acceptors (Lipinski definition) is 3. The summed E-state index contributed by atoms with van der Waals surface area (Å²) in [5.74, 6) is 2.58. The van der Waals surface area contributed by atoms with Gasteiger partial charge in [-0.15, -0.1) is 11.8 Å². The van der Waals surface area contributed by atoms with Gasteiger partial charge in [-0.2, -0.15) is 0 Å². The van der Waals surface area contributed by atoms with Crippen molar-refractivity contribution in [2.75, 3.05) is 5.75 Å². The van der Waals surface area contributed by atoms with Gasteiger partial charge in [0.15, 0.2) is 0 Å². The van der Waals surface area contributed by atoms with Gasteiger partial charge in [-0.05, 0) is 68.6 Å². The zero-order valence-electron chi connectivity index (χ0n) is 18.4. The van der Waals surface area contributed by atoms with Crippen LogP contribution < -0.4 is 10.6 Å². The summed E-state index contributed by atoms with van der Waals surface area (Å²) in [5, 5.41) is 6.21. The monoisotopic (exact) mass is 436 g/mol. The van der Waals surface area contributed by atoms with E-state index < -0.39 is 0 Å². The van der Waals surface area contributed by atoms with Gasteiger partial charge in [0.2, 0.25) is 5.91 Å². The molecule has 0 saturated heterocycles. The molecule has 2 N–H and O–H groups in total. The fraction of sp³-hybridized carbons (Fsp3) is 0.462. The number of hydrogen-bond donors (Lipinski definition) is 2. The summed E-state index contributed by atoms with van der Waals surface area (Å²) in [6.07, 6.45) is 5.32. The number of rotatable bonds is 8. The first-order chi connectivity index (χ1) is 15.0. The predicted molar refractivity (Wildman–Crippen MR) is 126 cm³/mol. The zero-order chi connectivity index (χ0) is 21.8. The molecule has 2 fully saturated rings. The molecule has 0 aliphatic heterocycles. The average Bonchev–Trinajstić information content (AvgIpc) is 3.41. The fourth-order valence-corrected chi connectivity index (χ4v) is 6.08. The molecule has 0 radical (unpaired) electrons. The molecule has 0 heterocycles. The molecule has 2 saturated carbocycles. The topological polar surface area (TPSA) is 58.2 Å². The van der Waals surface area contributed by atoms with Crippen LogP contribution in [0.5, 0.6) is 0 Å². The van der Waals surface area contributed by atoms with Crippen molar-refractivity contribution in [3.05, 3.63) is 65.2 Å². The number of amides is 2. The Morgan fingerprint density at radius 2 is 1.84 bits per heavy atom. The average molecular weight is 437 g/mol. The van der Waals surface area contributed by atoms with E-state index in [1.165, 1.54) is 43.0 Å². The maximum atomic E-state index is 12.8. The van der Waals surface area contributed by atoms with E-state index >= 15 is 0 Å². The molecule has 2 aromatic carbocycles. The molecule has 0 aromatic heterocycles. The minimum absolute atomic E-state index is 0.0511. The van der Waals surface area contributed by atoms with E-state index in [-0.39, 0.29) is 17.9 Å². The van der Waals surface area contributed by atoms with Crippen LogP contribution in [0.3, 0.4) is 0 Å². The van der Waals surface area contributed by atoms with E-state index in [0.29, 0.717) is 23.8 Å². The highest BCUT2D eigenvalue weighted by atomic mass is 32.2. The Labute approximate surface area is 189 Å². The first-order valence-electron chi connectivity index (χ1n) is 11.3. The smallest absolute Gasteiger partial charge is 0.252 e. The van der Waals surface area contributed by atoms with Crippen molar-refractivity contribution in [2.24, 2.45) is 17.8 Å². The molecule has 2 amide bonds. The Hall–Kier alpha value is -2.27. The van der Waals surface area contributed by atoms with Crippen molar-refractivity contribution in [1.82, 2.24) is 10.6 Å². The molecule has 2 bridgehead atoms. The molecule has 2 aliphatic carbocycles. The lowest BCUT2D eigenvalue weighted by molar-refractivity contribution is -0.119. The standard InChI is InChI=1S/C26H32N2O2S/c1-17-7-9-19(10-8-17)15-27-26(30)22-5-3-4-6-24(22)31-16-25(29)28-18(2)23-14-20-11-12-21(23)13-20/h3-10,18,20-21,23H,11-16H2,1-2H3,(H,27,30)(H,28,29)/t18-,20+,21+,23-/m1/s1. The van der Waals surface area contributed by atoms with Gasteiger partial charge in [-0.25, -0.2) is 0 Å². The number of nitrogens with one attached hydrogen (secondary N) is 2. The van der Waals surface area contributed by atoms with Gasteiger partial charge in [0.05, 0.1) is 11.3 Å². The van der Waals surface area contributed by atoms with Gasteiger partial charge in [-0.3, -0.25) is 9.59 Å². The third-order valence-electron chi connectivity index (χ3n) is 6.89. The lowest BCUT2D eigenvalue weighted by atomic mass is 9.84. The minimum atomic E-state index is -0.112. The predicted octanol–water partition coefficient (Wildman–Crippen LogP) is 4.96. The summed E-state index contributed by atoms with van der Waals surface area (Å²) in [4.78, 5) is 26.2. The summed E-state index contributed by atoms with van der Waals surface area (Å²) in [6, 6.07) is 15.9. The summed E-state index contributed by atoms with van der Waals surface area (Å²) in [6.45, 7) is 4.69. The molecule has 4 nitrogen and oxygen atoms in total. The largest absolute Gasteiger partial charge is 0.353 e. The Kier molecular flexibility index (Phi) is 7.01. The van der Waals surface area contributed by atoms with Crippen molar-refractivity contribution in [3.63, 3.8) is 0 Å². The molecule has 164 valence electrons. The van der Waals surface area contributed by atoms with Crippen LogP contribution in [0.2, 0.25) is 0 Å². The van der Waals surface area contributed by atoms with Gasteiger partial charge in [0, 0.05) is 17.5 Å². The molecule has 2 aromatic rings. The van der Waals surface area contributed by atoms with Gasteiger partial charge < -0.3 is 10.6 Å². The van der Waals surface area contributed by atoms with E-state index in [0.717, 1.165) is 22.3 Å². The van der Waals surface area contributed by atoms with Crippen LogP contribution in [-0.4, -0.2) is 23.6 Å². The molecule has 4 atom stereocenters. The van der Waals surface area contributed by atoms with Crippen LogP contribution in [0, 0.1) is 24.7 Å². The van der Waals surface area contributed by atoms with Crippen molar-refractivity contribution in [2.45, 2.75) is 57.0 Å². The second-order valence-electron chi connectivity index (χ2n) is 9.15. The molecule has 31 heavy (non-hydrogen) atoms. The van der Waals surface area contributed by atoms with E-state index in [1.54, 1.807) is 0 Å².